The molecule has 34 heavy (non-hydrogen) atoms. The molecule has 0 radical (unpaired) electrons. The highest BCUT2D eigenvalue weighted by Gasteiger charge is 2.70. The number of ketones is 1. The Kier molecular flexibility index (Phi) is 4.51. The standard InChI is InChI=1S/C30H42O4/c1-17-14-30(15-18(2)25(32)34-30)33-21-16-29(7)20-8-9-22-26(3,4)23(31)11-12-27(22,5)19(20)10-13-28(29,6)24(17)21/h8,15,17,19,21-22,24H,9-14,16H2,1-7H3. The van der Waals surface area contributed by atoms with E-state index < -0.39 is 5.79 Å². The SMILES string of the molecule is CC1=CC2(CC(C)C3C(CC4(C)C5=CCC6C(C)(C)C(=O)CCC6(C)C5CCC34C)O2)OC1=O. The van der Waals surface area contributed by atoms with Crippen LogP contribution in [0.4, 0.5) is 0 Å². The van der Waals surface area contributed by atoms with Gasteiger partial charge < -0.3 is 9.47 Å². The molecular formula is C30H42O4. The zero-order chi connectivity index (χ0) is 24.5. The largest absolute Gasteiger partial charge is 0.426 e. The molecule has 0 aromatic heterocycles. The van der Waals surface area contributed by atoms with Gasteiger partial charge in [0.1, 0.15) is 5.78 Å². The summed E-state index contributed by atoms with van der Waals surface area (Å²) in [4.78, 5) is 25.1. The van der Waals surface area contributed by atoms with Crippen LogP contribution in [0, 0.1) is 45.3 Å². The fraction of sp³-hybridized carbons (Fsp3) is 0.800. The van der Waals surface area contributed by atoms with Gasteiger partial charge in [-0.25, -0.2) is 4.79 Å². The molecule has 3 saturated carbocycles. The van der Waals surface area contributed by atoms with Crippen molar-refractivity contribution in [3.8, 4) is 0 Å². The normalized spacial score (nSPS) is 53.3. The molecule has 9 unspecified atom stereocenters. The van der Waals surface area contributed by atoms with E-state index in [1.807, 2.05) is 13.0 Å². The maximum atomic E-state index is 12.9. The molecule has 1 saturated heterocycles. The number of hydrogen-bond acceptors (Lipinski definition) is 4. The van der Waals surface area contributed by atoms with E-state index in [0.717, 1.165) is 32.1 Å². The third-order valence-electron chi connectivity index (χ3n) is 12.2. The molecular weight excluding hydrogens is 424 g/mol. The molecule has 2 aliphatic heterocycles. The van der Waals surface area contributed by atoms with Crippen molar-refractivity contribution in [2.45, 2.75) is 105 Å². The molecule has 0 aromatic rings. The van der Waals surface area contributed by atoms with Crippen molar-refractivity contribution < 1.29 is 19.1 Å². The number of carbonyl (C=O) groups is 2. The Hall–Kier alpha value is -1.42. The van der Waals surface area contributed by atoms with Crippen molar-refractivity contribution in [1.29, 1.82) is 0 Å². The van der Waals surface area contributed by atoms with Crippen molar-refractivity contribution >= 4 is 11.8 Å². The number of carbonyl (C=O) groups excluding carboxylic acids is 2. The number of hydrogen-bond donors (Lipinski definition) is 0. The van der Waals surface area contributed by atoms with Gasteiger partial charge in [0.25, 0.3) is 0 Å². The minimum absolute atomic E-state index is 0.0754. The second-order valence-electron chi connectivity index (χ2n) is 14.0. The van der Waals surface area contributed by atoms with E-state index in [4.69, 9.17) is 9.47 Å². The summed E-state index contributed by atoms with van der Waals surface area (Å²) in [6, 6.07) is 0. The van der Waals surface area contributed by atoms with Crippen molar-refractivity contribution in [3.05, 3.63) is 23.3 Å². The van der Waals surface area contributed by atoms with Crippen LogP contribution < -0.4 is 0 Å². The topological polar surface area (TPSA) is 52.6 Å². The minimum atomic E-state index is -0.868. The van der Waals surface area contributed by atoms with Crippen LogP contribution in [0.1, 0.15) is 93.4 Å². The predicted octanol–water partition coefficient (Wildman–Crippen LogP) is 6.40. The molecule has 0 aromatic carbocycles. The number of ether oxygens (including phenoxy) is 2. The smallest absolute Gasteiger partial charge is 0.336 e. The van der Waals surface area contributed by atoms with Gasteiger partial charge in [0.05, 0.1) is 6.10 Å². The highest BCUT2D eigenvalue weighted by atomic mass is 16.7. The van der Waals surface area contributed by atoms with Gasteiger partial charge in [-0.2, -0.15) is 0 Å². The average Bonchev–Trinajstić information content (AvgIpc) is 3.13. The second kappa shape index (κ2) is 6.66. The summed E-state index contributed by atoms with van der Waals surface area (Å²) < 4.78 is 12.6. The lowest BCUT2D eigenvalue weighted by Gasteiger charge is -2.63. The molecule has 186 valence electrons. The molecule has 0 N–H and O–H groups in total. The zero-order valence-electron chi connectivity index (χ0n) is 22.1. The zero-order valence-corrected chi connectivity index (χ0v) is 22.1. The van der Waals surface area contributed by atoms with Crippen molar-refractivity contribution in [2.24, 2.45) is 45.3 Å². The summed E-state index contributed by atoms with van der Waals surface area (Å²) in [5.74, 6) is 1.22. The van der Waals surface area contributed by atoms with E-state index in [9.17, 15) is 9.59 Å². The average molecular weight is 467 g/mol. The maximum Gasteiger partial charge on any atom is 0.336 e. The molecule has 4 nitrogen and oxygen atoms in total. The van der Waals surface area contributed by atoms with Crippen LogP contribution in [-0.2, 0) is 19.1 Å². The fourth-order valence-corrected chi connectivity index (χ4v) is 10.4. The van der Waals surface area contributed by atoms with Gasteiger partial charge in [-0.05, 0) is 85.0 Å². The number of rotatable bonds is 0. The van der Waals surface area contributed by atoms with Crippen LogP contribution in [0.25, 0.3) is 0 Å². The first-order valence-corrected chi connectivity index (χ1v) is 13.6. The van der Waals surface area contributed by atoms with Crippen LogP contribution in [0.3, 0.4) is 0 Å². The lowest BCUT2D eigenvalue weighted by atomic mass is 9.41. The Morgan fingerprint density at radius 2 is 1.76 bits per heavy atom. The monoisotopic (exact) mass is 466 g/mol. The van der Waals surface area contributed by atoms with Gasteiger partial charge in [-0.1, -0.05) is 53.2 Å². The van der Waals surface area contributed by atoms with Gasteiger partial charge in [-0.3, -0.25) is 4.79 Å². The third kappa shape index (κ3) is 2.59. The molecule has 0 amide bonds. The molecule has 4 heteroatoms. The molecule has 1 spiro atoms. The highest BCUT2D eigenvalue weighted by Crippen LogP contribution is 2.74. The Morgan fingerprint density at radius 1 is 1.03 bits per heavy atom. The number of Topliss-reactive ketones (excluding diaryl/α,β-unsaturated/α-hetero) is 1. The summed E-state index contributed by atoms with van der Waals surface area (Å²) in [5, 5.41) is 0. The Balaban J connectivity index is 1.39. The second-order valence-corrected chi connectivity index (χ2v) is 14.0. The molecule has 4 fully saturated rings. The predicted molar refractivity (Wildman–Crippen MR) is 131 cm³/mol. The fourth-order valence-electron chi connectivity index (χ4n) is 10.4. The van der Waals surface area contributed by atoms with Crippen molar-refractivity contribution in [2.75, 3.05) is 0 Å². The van der Waals surface area contributed by atoms with Crippen molar-refractivity contribution in [1.82, 2.24) is 0 Å². The number of fused-ring (bicyclic) bond motifs is 7. The highest BCUT2D eigenvalue weighted by molar-refractivity contribution is 5.90. The van der Waals surface area contributed by atoms with Gasteiger partial charge in [0.2, 0.25) is 5.79 Å². The first-order valence-electron chi connectivity index (χ1n) is 13.6. The van der Waals surface area contributed by atoms with Gasteiger partial charge in [0.15, 0.2) is 0 Å². The first-order chi connectivity index (χ1) is 15.8. The van der Waals surface area contributed by atoms with Crippen LogP contribution in [-0.4, -0.2) is 23.6 Å². The molecule has 0 bridgehead atoms. The lowest BCUT2D eigenvalue weighted by Crippen LogP contribution is -2.57. The van der Waals surface area contributed by atoms with E-state index in [0.29, 0.717) is 35.0 Å². The summed E-state index contributed by atoms with van der Waals surface area (Å²) in [7, 11) is 0. The Bertz CT molecular complexity index is 1040. The lowest BCUT2D eigenvalue weighted by molar-refractivity contribution is -0.258. The summed E-state index contributed by atoms with van der Waals surface area (Å²) in [6.07, 6.45) is 11.5. The molecule has 6 aliphatic rings. The molecule has 4 aliphatic carbocycles. The van der Waals surface area contributed by atoms with E-state index in [2.05, 4.69) is 47.6 Å². The maximum absolute atomic E-state index is 12.9. The summed E-state index contributed by atoms with van der Waals surface area (Å²) >= 11 is 0. The number of allylic oxidation sites excluding steroid dienone is 2. The van der Waals surface area contributed by atoms with E-state index in [-0.39, 0.29) is 33.7 Å². The Morgan fingerprint density at radius 3 is 2.44 bits per heavy atom. The van der Waals surface area contributed by atoms with Crippen LogP contribution in [0.2, 0.25) is 0 Å². The minimum Gasteiger partial charge on any atom is -0.426 e. The molecule has 6 rings (SSSR count). The van der Waals surface area contributed by atoms with Gasteiger partial charge >= 0.3 is 5.97 Å². The number of esters is 1. The summed E-state index contributed by atoms with van der Waals surface area (Å²) in [6.45, 7) is 16.1. The first kappa shape index (κ1) is 23.0. The van der Waals surface area contributed by atoms with E-state index in [1.165, 1.54) is 12.8 Å². The van der Waals surface area contributed by atoms with E-state index >= 15 is 0 Å². The quantitative estimate of drug-likeness (QED) is 0.306. The molecule has 9 atom stereocenters. The van der Waals surface area contributed by atoms with E-state index in [1.54, 1.807) is 5.57 Å². The van der Waals surface area contributed by atoms with Gasteiger partial charge in [0, 0.05) is 23.8 Å². The van der Waals surface area contributed by atoms with Crippen LogP contribution in [0.15, 0.2) is 23.3 Å². The van der Waals surface area contributed by atoms with Crippen LogP contribution in [0.5, 0.6) is 0 Å². The van der Waals surface area contributed by atoms with Gasteiger partial charge in [-0.15, -0.1) is 0 Å². The van der Waals surface area contributed by atoms with Crippen LogP contribution >= 0.6 is 0 Å². The Labute approximate surface area is 204 Å². The third-order valence-corrected chi connectivity index (χ3v) is 12.2. The summed E-state index contributed by atoms with van der Waals surface area (Å²) in [5.41, 5.74) is 2.52. The van der Waals surface area contributed by atoms with Crippen molar-refractivity contribution in [3.63, 3.8) is 0 Å². The molecule has 2 heterocycles.